The fourth-order valence-electron chi connectivity index (χ4n) is 2.52. The Hall–Kier alpha value is -1.63. The molecule has 1 heterocycles. The lowest BCUT2D eigenvalue weighted by molar-refractivity contribution is 0.254. The Morgan fingerprint density at radius 2 is 2.05 bits per heavy atom. The molecule has 1 aromatic rings. The molecule has 1 saturated carbocycles. The van der Waals surface area contributed by atoms with E-state index in [0.717, 1.165) is 19.1 Å². The molecule has 0 saturated heterocycles. The Kier molecular flexibility index (Phi) is 5.34. The molecule has 0 bridgehead atoms. The van der Waals surface area contributed by atoms with Crippen LogP contribution in [0.15, 0.2) is 0 Å². The molecule has 0 atom stereocenters. The molecule has 1 aliphatic carbocycles. The van der Waals surface area contributed by atoms with Crippen molar-refractivity contribution >= 4 is 11.9 Å². The van der Waals surface area contributed by atoms with Crippen LogP contribution in [0.5, 0.6) is 6.01 Å². The van der Waals surface area contributed by atoms with Crippen molar-refractivity contribution in [1.82, 2.24) is 19.9 Å². The Morgan fingerprint density at radius 3 is 2.75 bits per heavy atom. The fourth-order valence-corrected chi connectivity index (χ4v) is 2.52. The number of ether oxygens (including phenoxy) is 1. The highest BCUT2D eigenvalue weighted by atomic mass is 16.5. The summed E-state index contributed by atoms with van der Waals surface area (Å²) in [5.41, 5.74) is 5.63. The van der Waals surface area contributed by atoms with E-state index in [-0.39, 0.29) is 12.0 Å². The van der Waals surface area contributed by atoms with Gasteiger partial charge in [0.15, 0.2) is 0 Å². The van der Waals surface area contributed by atoms with Crippen molar-refractivity contribution in [3.63, 3.8) is 0 Å². The molecule has 0 aliphatic heterocycles. The van der Waals surface area contributed by atoms with Gasteiger partial charge in [0, 0.05) is 19.1 Å². The van der Waals surface area contributed by atoms with Gasteiger partial charge in [0.25, 0.3) is 0 Å². The average Bonchev–Trinajstić information content (AvgIpc) is 2.92. The number of hydrogen-bond donors (Lipinski definition) is 2. The SMILES string of the molecule is CCOc1nc(N)nc(NCCN(C)C2CCCC2)n1. The van der Waals surface area contributed by atoms with Gasteiger partial charge in [-0.15, -0.1) is 0 Å². The summed E-state index contributed by atoms with van der Waals surface area (Å²) in [6.45, 7) is 4.12. The molecule has 20 heavy (non-hydrogen) atoms. The maximum Gasteiger partial charge on any atom is 0.323 e. The summed E-state index contributed by atoms with van der Waals surface area (Å²) in [7, 11) is 2.17. The summed E-state index contributed by atoms with van der Waals surface area (Å²) >= 11 is 0. The lowest BCUT2D eigenvalue weighted by Gasteiger charge is -2.23. The zero-order chi connectivity index (χ0) is 14.4. The van der Waals surface area contributed by atoms with Gasteiger partial charge >= 0.3 is 6.01 Å². The zero-order valence-electron chi connectivity index (χ0n) is 12.3. The molecule has 112 valence electrons. The topological polar surface area (TPSA) is 89.2 Å². The average molecular weight is 280 g/mol. The Labute approximate surface area is 119 Å². The first kappa shape index (κ1) is 14.8. The number of aromatic nitrogens is 3. The first-order chi connectivity index (χ1) is 9.69. The second-order valence-corrected chi connectivity index (χ2v) is 5.08. The summed E-state index contributed by atoms with van der Waals surface area (Å²) in [5, 5.41) is 3.17. The second kappa shape index (κ2) is 7.23. The number of likely N-dealkylation sites (N-methyl/N-ethyl adjacent to an activating group) is 1. The predicted octanol–water partition coefficient (Wildman–Crippen LogP) is 1.14. The monoisotopic (exact) mass is 280 g/mol. The molecule has 7 nitrogen and oxygen atoms in total. The number of nitrogens with zero attached hydrogens (tertiary/aromatic N) is 4. The zero-order valence-corrected chi connectivity index (χ0v) is 12.3. The molecule has 2 rings (SSSR count). The Bertz CT molecular complexity index is 421. The van der Waals surface area contributed by atoms with E-state index in [4.69, 9.17) is 10.5 Å². The predicted molar refractivity (Wildman–Crippen MR) is 78.8 cm³/mol. The van der Waals surface area contributed by atoms with E-state index in [0.29, 0.717) is 12.6 Å². The van der Waals surface area contributed by atoms with E-state index >= 15 is 0 Å². The van der Waals surface area contributed by atoms with Gasteiger partial charge in [-0.2, -0.15) is 15.0 Å². The molecular formula is C13H24N6O. The van der Waals surface area contributed by atoms with Crippen LogP contribution in [0, 0.1) is 0 Å². The Balaban J connectivity index is 1.80. The van der Waals surface area contributed by atoms with Crippen LogP contribution in [0.2, 0.25) is 0 Å². The van der Waals surface area contributed by atoms with E-state index in [2.05, 4.69) is 32.2 Å². The number of nitrogens with one attached hydrogen (secondary N) is 1. The van der Waals surface area contributed by atoms with Crippen molar-refractivity contribution in [1.29, 1.82) is 0 Å². The third kappa shape index (κ3) is 4.19. The van der Waals surface area contributed by atoms with Crippen LogP contribution >= 0.6 is 0 Å². The highest BCUT2D eigenvalue weighted by molar-refractivity contribution is 5.32. The van der Waals surface area contributed by atoms with Crippen LogP contribution in [-0.2, 0) is 0 Å². The molecule has 0 spiro atoms. The van der Waals surface area contributed by atoms with Crippen LogP contribution in [0.3, 0.4) is 0 Å². The fraction of sp³-hybridized carbons (Fsp3) is 0.769. The van der Waals surface area contributed by atoms with Crippen molar-refractivity contribution in [2.45, 2.75) is 38.6 Å². The molecule has 0 unspecified atom stereocenters. The summed E-state index contributed by atoms with van der Waals surface area (Å²) < 4.78 is 5.24. The Morgan fingerprint density at radius 1 is 1.30 bits per heavy atom. The number of rotatable bonds is 7. The highest BCUT2D eigenvalue weighted by Gasteiger charge is 2.18. The normalized spacial score (nSPS) is 15.8. The molecule has 0 aromatic carbocycles. The summed E-state index contributed by atoms with van der Waals surface area (Å²) in [6, 6.07) is 0.992. The lowest BCUT2D eigenvalue weighted by atomic mass is 10.2. The van der Waals surface area contributed by atoms with Gasteiger partial charge in [0.1, 0.15) is 0 Å². The molecule has 1 aliphatic rings. The standard InChI is InChI=1S/C13H24N6O/c1-3-20-13-17-11(14)16-12(18-13)15-8-9-19(2)10-6-4-5-7-10/h10H,3-9H2,1-2H3,(H3,14,15,16,17,18). The number of nitrogens with two attached hydrogens (primary N) is 1. The van der Waals surface area contributed by atoms with Crippen molar-refractivity contribution in [2.75, 3.05) is 37.8 Å². The number of hydrogen-bond acceptors (Lipinski definition) is 7. The maximum atomic E-state index is 5.63. The van der Waals surface area contributed by atoms with Crippen LogP contribution in [0.1, 0.15) is 32.6 Å². The summed E-state index contributed by atoms with van der Waals surface area (Å²) in [5.74, 6) is 0.649. The van der Waals surface area contributed by atoms with Gasteiger partial charge in [-0.1, -0.05) is 12.8 Å². The van der Waals surface area contributed by atoms with E-state index in [1.54, 1.807) is 0 Å². The van der Waals surface area contributed by atoms with Gasteiger partial charge in [-0.3, -0.25) is 0 Å². The molecule has 1 fully saturated rings. The summed E-state index contributed by atoms with van der Waals surface area (Å²) in [6.07, 6.45) is 5.32. The minimum Gasteiger partial charge on any atom is -0.464 e. The minimum atomic E-state index is 0.176. The van der Waals surface area contributed by atoms with E-state index in [1.165, 1.54) is 25.7 Å². The molecule has 0 radical (unpaired) electrons. The highest BCUT2D eigenvalue weighted by Crippen LogP contribution is 2.21. The molecule has 1 aromatic heterocycles. The first-order valence-electron chi connectivity index (χ1n) is 7.27. The van der Waals surface area contributed by atoms with Crippen LogP contribution in [0.4, 0.5) is 11.9 Å². The van der Waals surface area contributed by atoms with Gasteiger partial charge in [-0.05, 0) is 26.8 Å². The van der Waals surface area contributed by atoms with Gasteiger partial charge < -0.3 is 20.7 Å². The van der Waals surface area contributed by atoms with Gasteiger partial charge in [0.2, 0.25) is 11.9 Å². The first-order valence-corrected chi connectivity index (χ1v) is 7.27. The van der Waals surface area contributed by atoms with E-state index in [9.17, 15) is 0 Å². The van der Waals surface area contributed by atoms with Gasteiger partial charge in [-0.25, -0.2) is 0 Å². The van der Waals surface area contributed by atoms with E-state index < -0.39 is 0 Å². The number of nitrogen functional groups attached to an aromatic ring is 1. The van der Waals surface area contributed by atoms with Gasteiger partial charge in [0.05, 0.1) is 6.61 Å². The number of anilines is 2. The van der Waals surface area contributed by atoms with Crippen molar-refractivity contribution < 1.29 is 4.74 Å². The van der Waals surface area contributed by atoms with Crippen molar-refractivity contribution in [2.24, 2.45) is 0 Å². The second-order valence-electron chi connectivity index (χ2n) is 5.08. The van der Waals surface area contributed by atoms with Crippen molar-refractivity contribution in [3.8, 4) is 6.01 Å². The largest absolute Gasteiger partial charge is 0.464 e. The summed E-state index contributed by atoms with van der Waals surface area (Å²) in [4.78, 5) is 14.5. The van der Waals surface area contributed by atoms with Crippen LogP contribution in [0.25, 0.3) is 0 Å². The third-order valence-electron chi connectivity index (χ3n) is 3.60. The van der Waals surface area contributed by atoms with Crippen LogP contribution in [-0.4, -0.2) is 52.6 Å². The minimum absolute atomic E-state index is 0.176. The molecular weight excluding hydrogens is 256 g/mol. The lowest BCUT2D eigenvalue weighted by Crippen LogP contribution is -2.33. The molecule has 0 amide bonds. The van der Waals surface area contributed by atoms with E-state index in [1.807, 2.05) is 6.92 Å². The molecule has 3 N–H and O–H groups in total. The molecule has 7 heteroatoms. The third-order valence-corrected chi connectivity index (χ3v) is 3.60. The quantitative estimate of drug-likeness (QED) is 0.774. The van der Waals surface area contributed by atoms with Crippen molar-refractivity contribution in [3.05, 3.63) is 0 Å². The smallest absolute Gasteiger partial charge is 0.323 e. The van der Waals surface area contributed by atoms with Crippen LogP contribution < -0.4 is 15.8 Å². The maximum absolute atomic E-state index is 5.63.